The molecule has 0 heterocycles. The van der Waals surface area contributed by atoms with Crippen LogP contribution in [-0.4, -0.2) is 71.7 Å². The summed E-state index contributed by atoms with van der Waals surface area (Å²) in [6, 6.07) is 0. The van der Waals surface area contributed by atoms with Gasteiger partial charge in [0.2, 0.25) is 0 Å². The molecule has 8 heteroatoms. The minimum Gasteiger partial charge on any atom is -0.466 e. The lowest BCUT2D eigenvalue weighted by Gasteiger charge is -2.21. The molecule has 0 saturated carbocycles. The van der Waals surface area contributed by atoms with Crippen molar-refractivity contribution in [2.45, 2.75) is 179 Å². The summed E-state index contributed by atoms with van der Waals surface area (Å²) >= 11 is 6.49. The second kappa shape index (κ2) is 35.9. The van der Waals surface area contributed by atoms with Gasteiger partial charge in [0, 0.05) is 24.0 Å². The first-order valence-corrected chi connectivity index (χ1v) is 21.0. The Labute approximate surface area is 295 Å². The van der Waals surface area contributed by atoms with Gasteiger partial charge in [-0.25, -0.2) is 0 Å². The maximum Gasteiger partial charge on any atom is 0.305 e. The van der Waals surface area contributed by atoms with E-state index in [9.17, 15) is 14.7 Å². The highest BCUT2D eigenvalue weighted by atomic mass is 32.2. The molecule has 0 aliphatic heterocycles. The van der Waals surface area contributed by atoms with E-state index in [1.54, 1.807) is 0 Å². The Balaban J connectivity index is 3.89. The van der Waals surface area contributed by atoms with Crippen LogP contribution < -0.4 is 0 Å². The SMILES string of the molecule is CCCCCCC(CCCCCC)CCOC(=O)CCCCCN(CCO)CCCCCCOC(=O)CCCCC(S)SCCC. The highest BCUT2D eigenvalue weighted by Crippen LogP contribution is 2.23. The number of hydrogen-bond acceptors (Lipinski definition) is 8. The lowest BCUT2D eigenvalue weighted by molar-refractivity contribution is -0.145. The number of unbranched alkanes of at least 4 members (excludes halogenated alkanes) is 12. The van der Waals surface area contributed by atoms with Crippen LogP contribution in [-0.2, 0) is 19.1 Å². The van der Waals surface area contributed by atoms with E-state index < -0.39 is 0 Å². The van der Waals surface area contributed by atoms with Crippen LogP contribution in [0.1, 0.15) is 175 Å². The highest BCUT2D eigenvalue weighted by Gasteiger charge is 2.11. The standard InChI is InChI=1S/C38H75NO5S2/c1-4-7-9-14-22-35(23-15-10-8-5-2)27-33-44-37(42)24-16-13-20-29-39(30-31-40)28-19-11-12-21-32-43-36(41)25-17-18-26-38(45)46-34-6-3/h35,38,40,45H,4-34H2,1-3H3. The molecule has 0 spiro atoms. The van der Waals surface area contributed by atoms with E-state index in [1.165, 1.54) is 70.6 Å². The summed E-state index contributed by atoms with van der Waals surface area (Å²) in [7, 11) is 0. The average molecular weight is 690 g/mol. The molecule has 0 aliphatic carbocycles. The number of esters is 2. The Kier molecular flexibility index (Phi) is 35.5. The van der Waals surface area contributed by atoms with Crippen molar-refractivity contribution in [2.24, 2.45) is 5.92 Å². The largest absolute Gasteiger partial charge is 0.466 e. The molecule has 1 atom stereocenters. The minimum absolute atomic E-state index is 0.0442. The van der Waals surface area contributed by atoms with E-state index in [2.05, 4.69) is 38.3 Å². The molecule has 274 valence electrons. The normalized spacial score (nSPS) is 12.2. The molecular formula is C38H75NO5S2. The van der Waals surface area contributed by atoms with Gasteiger partial charge in [-0.3, -0.25) is 9.59 Å². The molecule has 46 heavy (non-hydrogen) atoms. The molecular weight excluding hydrogens is 615 g/mol. The Hall–Kier alpha value is -0.440. The van der Waals surface area contributed by atoms with E-state index >= 15 is 0 Å². The number of carbonyl (C=O) groups excluding carboxylic acids is 2. The first-order valence-electron chi connectivity index (χ1n) is 19.4. The maximum absolute atomic E-state index is 12.3. The third kappa shape index (κ3) is 32.1. The first kappa shape index (κ1) is 45.6. The summed E-state index contributed by atoms with van der Waals surface area (Å²) in [6.07, 6.45) is 26.2. The number of aliphatic hydroxyl groups is 1. The van der Waals surface area contributed by atoms with Crippen molar-refractivity contribution >= 4 is 36.3 Å². The average Bonchev–Trinajstić information content (AvgIpc) is 3.05. The van der Waals surface area contributed by atoms with Crippen molar-refractivity contribution in [1.82, 2.24) is 4.90 Å². The molecule has 1 N–H and O–H groups in total. The smallest absolute Gasteiger partial charge is 0.305 e. The molecule has 0 fully saturated rings. The summed E-state index contributed by atoms with van der Waals surface area (Å²) < 4.78 is 11.4. The molecule has 0 saturated heterocycles. The molecule has 0 aromatic rings. The van der Waals surface area contributed by atoms with Crippen molar-refractivity contribution in [3.63, 3.8) is 0 Å². The van der Waals surface area contributed by atoms with Gasteiger partial charge >= 0.3 is 11.9 Å². The second-order valence-corrected chi connectivity index (χ2v) is 15.4. The zero-order valence-electron chi connectivity index (χ0n) is 30.5. The van der Waals surface area contributed by atoms with Gasteiger partial charge in [0.1, 0.15) is 0 Å². The van der Waals surface area contributed by atoms with Gasteiger partial charge in [-0.15, -0.1) is 11.8 Å². The zero-order chi connectivity index (χ0) is 33.9. The molecule has 1 unspecified atom stereocenters. The minimum atomic E-state index is -0.0747. The van der Waals surface area contributed by atoms with Crippen LogP contribution in [0.2, 0.25) is 0 Å². The molecule has 0 aliphatic rings. The summed E-state index contributed by atoms with van der Waals surface area (Å²) in [5.41, 5.74) is 0. The van der Waals surface area contributed by atoms with Crippen molar-refractivity contribution < 1.29 is 24.2 Å². The fourth-order valence-corrected chi connectivity index (χ4v) is 7.14. The van der Waals surface area contributed by atoms with Crippen LogP contribution in [0.25, 0.3) is 0 Å². The number of thioether (sulfide) groups is 1. The predicted octanol–water partition coefficient (Wildman–Crippen LogP) is 10.4. The zero-order valence-corrected chi connectivity index (χ0v) is 32.2. The van der Waals surface area contributed by atoms with Crippen molar-refractivity contribution in [1.29, 1.82) is 0 Å². The fraction of sp³-hybridized carbons (Fsp3) is 0.947. The first-order chi connectivity index (χ1) is 22.5. The number of hydrogen-bond donors (Lipinski definition) is 2. The summed E-state index contributed by atoms with van der Waals surface area (Å²) in [5.74, 6) is 1.72. The van der Waals surface area contributed by atoms with Crippen LogP contribution in [0, 0.1) is 5.92 Å². The van der Waals surface area contributed by atoms with Gasteiger partial charge in [-0.1, -0.05) is 111 Å². The lowest BCUT2D eigenvalue weighted by atomic mass is 9.92. The number of carbonyl (C=O) groups is 2. The number of nitrogens with zero attached hydrogens (tertiary/aromatic N) is 1. The van der Waals surface area contributed by atoms with Gasteiger partial charge in [-0.05, 0) is 76.1 Å². The third-order valence-corrected chi connectivity index (χ3v) is 10.7. The highest BCUT2D eigenvalue weighted by molar-refractivity contribution is 8.10. The molecule has 0 aromatic carbocycles. The summed E-state index contributed by atoms with van der Waals surface area (Å²) in [5, 5.41) is 9.48. The second-order valence-electron chi connectivity index (χ2n) is 13.2. The number of ether oxygens (including phenoxy) is 2. The van der Waals surface area contributed by atoms with E-state index in [0.29, 0.717) is 43.1 Å². The van der Waals surface area contributed by atoms with E-state index in [1.807, 2.05) is 11.8 Å². The molecule has 0 aromatic heterocycles. The predicted molar refractivity (Wildman–Crippen MR) is 202 cm³/mol. The molecule has 0 amide bonds. The topological polar surface area (TPSA) is 76.1 Å². The van der Waals surface area contributed by atoms with Crippen molar-refractivity contribution in [3.8, 4) is 0 Å². The summed E-state index contributed by atoms with van der Waals surface area (Å²) in [6.45, 7) is 10.6. The van der Waals surface area contributed by atoms with Crippen molar-refractivity contribution in [3.05, 3.63) is 0 Å². The Morgan fingerprint density at radius 1 is 0.609 bits per heavy atom. The fourth-order valence-electron chi connectivity index (χ4n) is 5.80. The molecule has 0 rings (SSSR count). The van der Waals surface area contributed by atoms with E-state index in [-0.39, 0.29) is 18.5 Å². The molecule has 0 radical (unpaired) electrons. The third-order valence-electron chi connectivity index (χ3n) is 8.72. The summed E-state index contributed by atoms with van der Waals surface area (Å²) in [4.78, 5) is 26.6. The van der Waals surface area contributed by atoms with Crippen LogP contribution >= 0.6 is 24.4 Å². The lowest BCUT2D eigenvalue weighted by Crippen LogP contribution is -2.29. The quantitative estimate of drug-likeness (QED) is 0.0293. The van der Waals surface area contributed by atoms with Gasteiger partial charge in [-0.2, -0.15) is 12.6 Å². The van der Waals surface area contributed by atoms with Gasteiger partial charge in [0.25, 0.3) is 0 Å². The monoisotopic (exact) mass is 690 g/mol. The van der Waals surface area contributed by atoms with Crippen LogP contribution in [0.4, 0.5) is 0 Å². The van der Waals surface area contributed by atoms with E-state index in [4.69, 9.17) is 9.47 Å². The molecule has 6 nitrogen and oxygen atoms in total. The van der Waals surface area contributed by atoms with Crippen LogP contribution in [0.5, 0.6) is 0 Å². The Morgan fingerprint density at radius 3 is 1.72 bits per heavy atom. The number of aliphatic hydroxyl groups excluding tert-OH is 1. The van der Waals surface area contributed by atoms with Gasteiger partial charge < -0.3 is 19.5 Å². The molecule has 0 bridgehead atoms. The van der Waals surface area contributed by atoms with E-state index in [0.717, 1.165) is 89.5 Å². The van der Waals surface area contributed by atoms with Crippen LogP contribution in [0.15, 0.2) is 0 Å². The van der Waals surface area contributed by atoms with Gasteiger partial charge in [0.15, 0.2) is 0 Å². The number of rotatable bonds is 36. The van der Waals surface area contributed by atoms with Crippen LogP contribution in [0.3, 0.4) is 0 Å². The Bertz CT molecular complexity index is 657. The maximum atomic E-state index is 12.3. The number of thiol groups is 1. The Morgan fingerprint density at radius 2 is 1.13 bits per heavy atom. The van der Waals surface area contributed by atoms with Gasteiger partial charge in [0.05, 0.1) is 19.8 Å². The van der Waals surface area contributed by atoms with Crippen molar-refractivity contribution in [2.75, 3.05) is 45.2 Å².